The number of hydrogen-bond donors (Lipinski definition) is 1. The van der Waals surface area contributed by atoms with E-state index in [4.69, 9.17) is 4.74 Å². The average molecular weight is 438 g/mol. The smallest absolute Gasteiger partial charge is 0.155 e. The summed E-state index contributed by atoms with van der Waals surface area (Å²) in [5, 5.41) is 13.0. The van der Waals surface area contributed by atoms with Gasteiger partial charge in [0.2, 0.25) is 0 Å². The van der Waals surface area contributed by atoms with Crippen molar-refractivity contribution in [2.24, 2.45) is 0 Å². The van der Waals surface area contributed by atoms with Crippen molar-refractivity contribution in [2.75, 3.05) is 27.2 Å². The molecule has 0 amide bonds. The van der Waals surface area contributed by atoms with E-state index in [-0.39, 0.29) is 0 Å². The van der Waals surface area contributed by atoms with Crippen LogP contribution < -0.4 is 0 Å². The number of aliphatic hydroxyl groups is 1. The Morgan fingerprint density at radius 1 is 0.576 bits per heavy atom. The maximum absolute atomic E-state index is 13.0. The first kappa shape index (κ1) is 22.9. The molecule has 3 nitrogen and oxygen atoms in total. The van der Waals surface area contributed by atoms with E-state index in [1.807, 2.05) is 135 Å². The van der Waals surface area contributed by atoms with E-state index in [1.54, 1.807) is 0 Å². The number of nitrogens with zero attached hydrogens (tertiary/aromatic N) is 1. The number of hydrogen-bond acceptors (Lipinski definition) is 3. The molecule has 4 aromatic carbocycles. The zero-order chi connectivity index (χ0) is 23.2. The molecule has 0 saturated carbocycles. The van der Waals surface area contributed by atoms with Crippen LogP contribution in [0.4, 0.5) is 0 Å². The molecule has 0 heterocycles. The van der Waals surface area contributed by atoms with Crippen LogP contribution in [-0.2, 0) is 15.9 Å². The summed E-state index contributed by atoms with van der Waals surface area (Å²) in [6.07, 6.45) is 0. The third-order valence-electron chi connectivity index (χ3n) is 6.11. The van der Waals surface area contributed by atoms with Gasteiger partial charge in [-0.25, -0.2) is 0 Å². The highest BCUT2D eigenvalue weighted by molar-refractivity contribution is 5.50. The molecule has 1 N–H and O–H groups in total. The molecule has 4 rings (SSSR count). The first-order chi connectivity index (χ1) is 16.1. The molecule has 0 unspecified atom stereocenters. The summed E-state index contributed by atoms with van der Waals surface area (Å²) < 4.78 is 6.90. The van der Waals surface area contributed by atoms with Gasteiger partial charge in [0.25, 0.3) is 0 Å². The van der Waals surface area contributed by atoms with Gasteiger partial charge in [0.05, 0.1) is 6.61 Å². The second-order valence-electron chi connectivity index (χ2n) is 8.51. The van der Waals surface area contributed by atoms with Crippen molar-refractivity contribution >= 4 is 0 Å². The Morgan fingerprint density at radius 2 is 0.909 bits per heavy atom. The van der Waals surface area contributed by atoms with Gasteiger partial charge < -0.3 is 14.7 Å². The zero-order valence-electron chi connectivity index (χ0n) is 19.3. The second kappa shape index (κ2) is 10.1. The van der Waals surface area contributed by atoms with Gasteiger partial charge in [0, 0.05) is 6.54 Å². The molecule has 0 aromatic heterocycles. The number of benzene rings is 4. The van der Waals surface area contributed by atoms with Crippen LogP contribution >= 0.6 is 0 Å². The molecular formula is C30H31NO2. The normalized spacial score (nSPS) is 12.1. The highest BCUT2D eigenvalue weighted by Gasteiger charge is 2.56. The van der Waals surface area contributed by atoms with Crippen LogP contribution in [0.2, 0.25) is 0 Å². The highest BCUT2D eigenvalue weighted by atomic mass is 16.5. The summed E-state index contributed by atoms with van der Waals surface area (Å²) in [5.41, 5.74) is 0.650. The monoisotopic (exact) mass is 437 g/mol. The maximum atomic E-state index is 13.0. The van der Waals surface area contributed by atoms with Gasteiger partial charge in [0.1, 0.15) is 0 Å². The molecule has 4 aromatic rings. The molecule has 0 radical (unpaired) electrons. The number of ether oxygens (including phenoxy) is 1. The Labute approximate surface area is 196 Å². The van der Waals surface area contributed by atoms with E-state index in [0.717, 1.165) is 28.8 Å². The van der Waals surface area contributed by atoms with Crippen LogP contribution in [0.1, 0.15) is 22.3 Å². The van der Waals surface area contributed by atoms with Gasteiger partial charge in [0.15, 0.2) is 11.2 Å². The number of likely N-dealkylation sites (N-methyl/N-ethyl adjacent to an activating group) is 1. The topological polar surface area (TPSA) is 32.7 Å². The molecule has 0 aliphatic heterocycles. The van der Waals surface area contributed by atoms with Gasteiger partial charge in [-0.15, -0.1) is 0 Å². The molecule has 0 atom stereocenters. The highest BCUT2D eigenvalue weighted by Crippen LogP contribution is 2.52. The minimum Gasteiger partial charge on any atom is -0.377 e. The first-order valence-corrected chi connectivity index (χ1v) is 11.3. The van der Waals surface area contributed by atoms with Crippen molar-refractivity contribution in [1.82, 2.24) is 4.90 Å². The summed E-state index contributed by atoms with van der Waals surface area (Å²) in [4.78, 5) is 2.09. The van der Waals surface area contributed by atoms with Crippen LogP contribution in [0.25, 0.3) is 0 Å². The van der Waals surface area contributed by atoms with E-state index in [2.05, 4.69) is 4.90 Å². The Morgan fingerprint density at radius 3 is 1.24 bits per heavy atom. The van der Waals surface area contributed by atoms with Gasteiger partial charge >= 0.3 is 0 Å². The standard InChI is InChI=1S/C30H31NO2/c1-31(2)23-24-33-30(27-19-11-5-12-20-27,28-21-13-6-14-22-28)29(32,25-15-7-3-8-16-25)26-17-9-4-10-18-26/h3-22,32H,23-24H2,1-2H3. The lowest BCUT2D eigenvalue weighted by Gasteiger charge is -2.48. The van der Waals surface area contributed by atoms with Crippen LogP contribution in [-0.4, -0.2) is 37.3 Å². The van der Waals surface area contributed by atoms with Gasteiger partial charge in [-0.3, -0.25) is 0 Å². The van der Waals surface area contributed by atoms with Crippen LogP contribution in [0.3, 0.4) is 0 Å². The molecule has 33 heavy (non-hydrogen) atoms. The SMILES string of the molecule is CN(C)CCOC(c1ccccc1)(c1ccccc1)C(O)(c1ccccc1)c1ccccc1. The van der Waals surface area contributed by atoms with Crippen molar-refractivity contribution in [3.63, 3.8) is 0 Å². The molecule has 0 aliphatic carbocycles. The lowest BCUT2D eigenvalue weighted by molar-refractivity contribution is -0.154. The van der Waals surface area contributed by atoms with E-state index >= 15 is 0 Å². The first-order valence-electron chi connectivity index (χ1n) is 11.3. The largest absolute Gasteiger partial charge is 0.377 e. The Hall–Kier alpha value is -3.24. The molecule has 0 aliphatic rings. The van der Waals surface area contributed by atoms with Crippen LogP contribution in [0, 0.1) is 0 Å². The van der Waals surface area contributed by atoms with Gasteiger partial charge in [-0.05, 0) is 36.3 Å². The summed E-state index contributed by atoms with van der Waals surface area (Å²) >= 11 is 0. The van der Waals surface area contributed by atoms with E-state index in [0.29, 0.717) is 6.61 Å². The number of rotatable bonds is 9. The molecule has 168 valence electrons. The lowest BCUT2D eigenvalue weighted by atomic mass is 9.66. The van der Waals surface area contributed by atoms with Crippen molar-refractivity contribution in [3.8, 4) is 0 Å². The summed E-state index contributed by atoms with van der Waals surface area (Å²) in [6.45, 7) is 1.17. The third kappa shape index (κ3) is 4.36. The molecule has 3 heteroatoms. The van der Waals surface area contributed by atoms with E-state index in [1.165, 1.54) is 0 Å². The molecular weight excluding hydrogens is 406 g/mol. The Balaban J connectivity index is 2.08. The fraction of sp³-hybridized carbons (Fsp3) is 0.200. The predicted molar refractivity (Wildman–Crippen MR) is 134 cm³/mol. The van der Waals surface area contributed by atoms with Crippen molar-refractivity contribution in [3.05, 3.63) is 144 Å². The molecule has 0 spiro atoms. The summed E-state index contributed by atoms with van der Waals surface area (Å²) in [7, 11) is 4.05. The zero-order valence-corrected chi connectivity index (χ0v) is 19.3. The van der Waals surface area contributed by atoms with Gasteiger partial charge in [-0.2, -0.15) is 0 Å². The minimum absolute atomic E-state index is 0.443. The second-order valence-corrected chi connectivity index (χ2v) is 8.51. The van der Waals surface area contributed by atoms with E-state index in [9.17, 15) is 5.11 Å². The van der Waals surface area contributed by atoms with E-state index < -0.39 is 11.2 Å². The van der Waals surface area contributed by atoms with Crippen LogP contribution in [0.15, 0.2) is 121 Å². The summed E-state index contributed by atoms with van der Waals surface area (Å²) in [6, 6.07) is 39.8. The fourth-order valence-electron chi connectivity index (χ4n) is 4.51. The lowest BCUT2D eigenvalue weighted by Crippen LogP contribution is -2.53. The van der Waals surface area contributed by atoms with Crippen LogP contribution in [0.5, 0.6) is 0 Å². The Bertz CT molecular complexity index is 1030. The van der Waals surface area contributed by atoms with Crippen molar-refractivity contribution in [2.45, 2.75) is 11.2 Å². The molecule has 0 saturated heterocycles. The molecule has 0 bridgehead atoms. The summed E-state index contributed by atoms with van der Waals surface area (Å²) in [5.74, 6) is 0. The quantitative estimate of drug-likeness (QED) is 0.378. The minimum atomic E-state index is -1.50. The van der Waals surface area contributed by atoms with Crippen molar-refractivity contribution < 1.29 is 9.84 Å². The Kier molecular flexibility index (Phi) is 7.05. The van der Waals surface area contributed by atoms with Crippen molar-refractivity contribution in [1.29, 1.82) is 0 Å². The predicted octanol–water partition coefficient (Wildman–Crippen LogP) is 5.44. The average Bonchev–Trinajstić information content (AvgIpc) is 2.88. The third-order valence-corrected chi connectivity index (χ3v) is 6.11. The fourth-order valence-corrected chi connectivity index (χ4v) is 4.51. The van der Waals surface area contributed by atoms with Gasteiger partial charge in [-0.1, -0.05) is 121 Å². The molecule has 0 fully saturated rings. The maximum Gasteiger partial charge on any atom is 0.155 e.